The van der Waals surface area contributed by atoms with Gasteiger partial charge in [0.15, 0.2) is 0 Å². The molecule has 3 rings (SSSR count). The molecule has 122 valence electrons. The lowest BCUT2D eigenvalue weighted by Gasteiger charge is -2.36. The highest BCUT2D eigenvalue weighted by molar-refractivity contribution is 5.83. The van der Waals surface area contributed by atoms with Gasteiger partial charge in [0.25, 0.3) is 0 Å². The molecule has 2 atom stereocenters. The van der Waals surface area contributed by atoms with Crippen molar-refractivity contribution in [2.24, 2.45) is 0 Å². The Morgan fingerprint density at radius 3 is 2.70 bits per heavy atom. The van der Waals surface area contributed by atoms with E-state index in [2.05, 4.69) is 5.10 Å². The lowest BCUT2D eigenvalue weighted by atomic mass is 10.0. The normalized spacial score (nSPS) is 19.8. The third-order valence-corrected chi connectivity index (χ3v) is 4.47. The summed E-state index contributed by atoms with van der Waals surface area (Å²) in [5, 5.41) is 4.34. The Morgan fingerprint density at radius 1 is 1.26 bits per heavy atom. The first-order chi connectivity index (χ1) is 11.2. The number of hydrogen-bond acceptors (Lipinski definition) is 3. The molecule has 2 aromatic rings. The van der Waals surface area contributed by atoms with Crippen LogP contribution in [0, 0.1) is 0 Å². The molecule has 2 heterocycles. The van der Waals surface area contributed by atoms with Gasteiger partial charge in [-0.15, -0.1) is 0 Å². The molecule has 1 aromatic carbocycles. The van der Waals surface area contributed by atoms with Crippen LogP contribution in [0.2, 0.25) is 0 Å². The maximum atomic E-state index is 13.1. The van der Waals surface area contributed by atoms with Gasteiger partial charge in [-0.2, -0.15) is 5.10 Å². The molecule has 1 aliphatic heterocycles. The Bertz CT molecular complexity index is 624. The first-order valence-corrected chi connectivity index (χ1v) is 8.16. The summed E-state index contributed by atoms with van der Waals surface area (Å²) in [5.74, 6) is 0.179. The number of nitrogens with zero attached hydrogens (tertiary/aromatic N) is 4. The van der Waals surface area contributed by atoms with Gasteiger partial charge in [-0.1, -0.05) is 30.3 Å². The second-order valence-corrected chi connectivity index (χ2v) is 6.34. The molecule has 1 aromatic heterocycles. The van der Waals surface area contributed by atoms with Gasteiger partial charge >= 0.3 is 0 Å². The first kappa shape index (κ1) is 15.7. The van der Waals surface area contributed by atoms with E-state index in [-0.39, 0.29) is 18.0 Å². The van der Waals surface area contributed by atoms with E-state index >= 15 is 0 Å². The Morgan fingerprint density at radius 2 is 2.04 bits per heavy atom. The van der Waals surface area contributed by atoms with Gasteiger partial charge in [0.05, 0.1) is 6.04 Å². The SMILES string of the molecule is CN(C)[C@@H](C(=O)N1CCC[C@H](n2cccn2)C1)c1ccccc1. The molecule has 0 radical (unpaired) electrons. The van der Waals surface area contributed by atoms with Gasteiger partial charge in [-0.05, 0) is 38.6 Å². The fraction of sp³-hybridized carbons (Fsp3) is 0.444. The van der Waals surface area contributed by atoms with E-state index in [0.717, 1.165) is 31.5 Å². The van der Waals surface area contributed by atoms with Crippen molar-refractivity contribution in [2.75, 3.05) is 27.2 Å². The fourth-order valence-electron chi connectivity index (χ4n) is 3.34. The van der Waals surface area contributed by atoms with Crippen molar-refractivity contribution in [1.82, 2.24) is 19.6 Å². The molecule has 1 fully saturated rings. The summed E-state index contributed by atoms with van der Waals surface area (Å²) in [4.78, 5) is 17.1. The highest BCUT2D eigenvalue weighted by Gasteiger charge is 2.31. The molecule has 0 unspecified atom stereocenters. The van der Waals surface area contributed by atoms with Crippen LogP contribution < -0.4 is 0 Å². The third-order valence-electron chi connectivity index (χ3n) is 4.47. The number of piperidine rings is 1. The van der Waals surface area contributed by atoms with Crippen molar-refractivity contribution in [3.05, 3.63) is 54.4 Å². The molecular weight excluding hydrogens is 288 g/mol. The summed E-state index contributed by atoms with van der Waals surface area (Å²) in [5.41, 5.74) is 1.05. The second-order valence-electron chi connectivity index (χ2n) is 6.34. The van der Waals surface area contributed by atoms with Crippen LogP contribution in [-0.4, -0.2) is 52.7 Å². The van der Waals surface area contributed by atoms with Gasteiger partial charge in [0.2, 0.25) is 5.91 Å². The number of amides is 1. The monoisotopic (exact) mass is 312 g/mol. The molecule has 5 nitrogen and oxygen atoms in total. The van der Waals surface area contributed by atoms with Crippen LogP contribution in [0.15, 0.2) is 48.8 Å². The zero-order valence-electron chi connectivity index (χ0n) is 13.8. The maximum Gasteiger partial charge on any atom is 0.244 e. The molecule has 5 heteroatoms. The average molecular weight is 312 g/mol. The fourth-order valence-corrected chi connectivity index (χ4v) is 3.34. The Labute approximate surface area is 137 Å². The third kappa shape index (κ3) is 3.45. The minimum Gasteiger partial charge on any atom is -0.339 e. The van der Waals surface area contributed by atoms with E-state index in [4.69, 9.17) is 0 Å². The summed E-state index contributed by atoms with van der Waals surface area (Å²) < 4.78 is 1.98. The summed E-state index contributed by atoms with van der Waals surface area (Å²) in [6.45, 7) is 1.56. The number of hydrogen-bond donors (Lipinski definition) is 0. The van der Waals surface area contributed by atoms with Crippen molar-refractivity contribution in [3.63, 3.8) is 0 Å². The lowest BCUT2D eigenvalue weighted by molar-refractivity contribution is -0.138. The molecule has 0 spiro atoms. The van der Waals surface area contributed by atoms with Crippen LogP contribution in [-0.2, 0) is 4.79 Å². The Hall–Kier alpha value is -2.14. The summed E-state index contributed by atoms with van der Waals surface area (Å²) in [6, 6.07) is 12.0. The van der Waals surface area contributed by atoms with Crippen LogP contribution in [0.1, 0.15) is 30.5 Å². The van der Waals surface area contributed by atoms with E-state index in [1.54, 1.807) is 6.20 Å². The Kier molecular flexibility index (Phi) is 4.76. The van der Waals surface area contributed by atoms with Crippen LogP contribution in [0.4, 0.5) is 0 Å². The summed E-state index contributed by atoms with van der Waals surface area (Å²) in [6.07, 6.45) is 5.88. The number of likely N-dealkylation sites (N-methyl/N-ethyl adjacent to an activating group) is 1. The van der Waals surface area contributed by atoms with Gasteiger partial charge < -0.3 is 4.90 Å². The number of rotatable bonds is 4. The van der Waals surface area contributed by atoms with Crippen molar-refractivity contribution >= 4 is 5.91 Å². The minimum atomic E-state index is -0.229. The van der Waals surface area contributed by atoms with E-state index in [1.165, 1.54) is 0 Å². The molecule has 0 bridgehead atoms. The number of benzene rings is 1. The van der Waals surface area contributed by atoms with E-state index in [0.29, 0.717) is 0 Å². The van der Waals surface area contributed by atoms with Gasteiger partial charge in [0.1, 0.15) is 6.04 Å². The molecule has 1 saturated heterocycles. The second kappa shape index (κ2) is 6.96. The first-order valence-electron chi connectivity index (χ1n) is 8.16. The molecule has 1 aliphatic rings. The predicted molar refractivity (Wildman–Crippen MR) is 89.9 cm³/mol. The van der Waals surface area contributed by atoms with E-state index in [1.807, 2.05) is 71.2 Å². The predicted octanol–water partition coefficient (Wildman–Crippen LogP) is 2.35. The van der Waals surface area contributed by atoms with Gasteiger partial charge in [-0.25, -0.2) is 0 Å². The highest BCUT2D eigenvalue weighted by Crippen LogP contribution is 2.26. The zero-order valence-corrected chi connectivity index (χ0v) is 13.8. The number of carbonyl (C=O) groups is 1. The number of likely N-dealkylation sites (tertiary alicyclic amines) is 1. The highest BCUT2D eigenvalue weighted by atomic mass is 16.2. The van der Waals surface area contributed by atoms with Crippen LogP contribution >= 0.6 is 0 Å². The number of aromatic nitrogens is 2. The van der Waals surface area contributed by atoms with E-state index in [9.17, 15) is 4.79 Å². The Balaban J connectivity index is 1.77. The van der Waals surface area contributed by atoms with Crippen LogP contribution in [0.5, 0.6) is 0 Å². The largest absolute Gasteiger partial charge is 0.339 e. The molecule has 0 aliphatic carbocycles. The average Bonchev–Trinajstić information content (AvgIpc) is 3.10. The summed E-state index contributed by atoms with van der Waals surface area (Å²) in [7, 11) is 3.93. The molecule has 0 saturated carbocycles. The van der Waals surface area contributed by atoms with Crippen molar-refractivity contribution < 1.29 is 4.79 Å². The van der Waals surface area contributed by atoms with Crippen molar-refractivity contribution in [1.29, 1.82) is 0 Å². The standard InChI is InChI=1S/C18H24N4O/c1-20(2)17(15-8-4-3-5-9-15)18(23)21-12-6-10-16(14-21)22-13-7-11-19-22/h3-5,7-9,11,13,16-17H,6,10,12,14H2,1-2H3/t16-,17+/m0/s1. The quantitative estimate of drug-likeness (QED) is 0.870. The minimum absolute atomic E-state index is 0.179. The van der Waals surface area contributed by atoms with E-state index < -0.39 is 0 Å². The molecular formula is C18H24N4O. The molecule has 23 heavy (non-hydrogen) atoms. The zero-order chi connectivity index (χ0) is 16.2. The lowest BCUT2D eigenvalue weighted by Crippen LogP contribution is -2.46. The molecule has 0 N–H and O–H groups in total. The maximum absolute atomic E-state index is 13.1. The van der Waals surface area contributed by atoms with Crippen LogP contribution in [0.25, 0.3) is 0 Å². The summed E-state index contributed by atoms with van der Waals surface area (Å²) >= 11 is 0. The topological polar surface area (TPSA) is 41.4 Å². The van der Waals surface area contributed by atoms with Crippen LogP contribution in [0.3, 0.4) is 0 Å². The smallest absolute Gasteiger partial charge is 0.244 e. The van der Waals surface area contributed by atoms with Crippen molar-refractivity contribution in [3.8, 4) is 0 Å². The molecule has 1 amide bonds. The van der Waals surface area contributed by atoms with Crippen molar-refractivity contribution in [2.45, 2.75) is 24.9 Å². The number of carbonyl (C=O) groups excluding carboxylic acids is 1. The van der Waals surface area contributed by atoms with Gasteiger partial charge in [0, 0.05) is 25.5 Å². The van der Waals surface area contributed by atoms with Gasteiger partial charge in [-0.3, -0.25) is 14.4 Å².